The van der Waals surface area contributed by atoms with Gasteiger partial charge in [0.25, 0.3) is 0 Å². The molecule has 0 saturated carbocycles. The summed E-state index contributed by atoms with van der Waals surface area (Å²) in [6.07, 6.45) is 1.94. The summed E-state index contributed by atoms with van der Waals surface area (Å²) in [5.74, 6) is 6.94. The first-order chi connectivity index (χ1) is 6.30. The summed E-state index contributed by atoms with van der Waals surface area (Å²) >= 11 is 3.18. The first-order valence-electron chi connectivity index (χ1n) is 3.82. The molecule has 3 N–H and O–H groups in total. The Balaban J connectivity index is 2.93. The lowest BCUT2D eigenvalue weighted by molar-refractivity contribution is 0.893. The second kappa shape index (κ2) is 5.31. The summed E-state index contributed by atoms with van der Waals surface area (Å²) < 4.78 is 0. The van der Waals surface area contributed by atoms with Crippen LogP contribution in [0.4, 0.5) is 5.82 Å². The van der Waals surface area contributed by atoms with Gasteiger partial charge in [-0.3, -0.25) is 0 Å². The molecule has 0 atom stereocenters. The smallest absolute Gasteiger partial charge is 0.190 e. The van der Waals surface area contributed by atoms with Crippen molar-refractivity contribution in [1.82, 2.24) is 9.97 Å². The number of anilines is 1. The van der Waals surface area contributed by atoms with Crippen molar-refractivity contribution in [3.8, 4) is 0 Å². The Bertz CT molecular complexity index is 257. The van der Waals surface area contributed by atoms with Crippen LogP contribution >= 0.6 is 23.5 Å². The summed E-state index contributed by atoms with van der Waals surface area (Å²) in [5, 5.41) is 1.70. The fourth-order valence-electron chi connectivity index (χ4n) is 0.791. The van der Waals surface area contributed by atoms with E-state index in [1.165, 1.54) is 11.8 Å². The van der Waals surface area contributed by atoms with E-state index in [0.717, 1.165) is 15.9 Å². The van der Waals surface area contributed by atoms with Crippen LogP contribution in [0.5, 0.6) is 0 Å². The number of aromatic nitrogens is 2. The topological polar surface area (TPSA) is 63.8 Å². The zero-order chi connectivity index (χ0) is 9.68. The van der Waals surface area contributed by atoms with Crippen molar-refractivity contribution in [3.63, 3.8) is 0 Å². The van der Waals surface area contributed by atoms with E-state index in [9.17, 15) is 0 Å². The van der Waals surface area contributed by atoms with Crippen molar-refractivity contribution in [2.24, 2.45) is 5.84 Å². The van der Waals surface area contributed by atoms with Crippen LogP contribution in [0.3, 0.4) is 0 Å². The van der Waals surface area contributed by atoms with Gasteiger partial charge in [0.05, 0.1) is 0 Å². The first-order valence-corrected chi connectivity index (χ1v) is 6.03. The maximum absolute atomic E-state index is 5.28. The molecule has 0 aliphatic heterocycles. The highest BCUT2D eigenvalue weighted by Gasteiger charge is 2.02. The highest BCUT2D eigenvalue weighted by Crippen LogP contribution is 2.20. The number of nitrogens with zero attached hydrogens (tertiary/aromatic N) is 2. The van der Waals surface area contributed by atoms with Gasteiger partial charge in [0.2, 0.25) is 0 Å². The number of nitrogens with one attached hydrogen (secondary N) is 1. The van der Waals surface area contributed by atoms with E-state index in [2.05, 4.69) is 22.3 Å². The second-order valence-electron chi connectivity index (χ2n) is 2.16. The fraction of sp³-hybridized carbons (Fsp3) is 0.429. The molecule has 4 nitrogen and oxygen atoms in total. The van der Waals surface area contributed by atoms with Gasteiger partial charge in [-0.15, -0.1) is 11.8 Å². The van der Waals surface area contributed by atoms with Crippen LogP contribution < -0.4 is 11.3 Å². The SMILES string of the molecule is CCSc1cc(NN)nc(SC)n1. The minimum Gasteiger partial charge on any atom is -0.308 e. The molecule has 6 heteroatoms. The number of hydrazine groups is 1. The van der Waals surface area contributed by atoms with E-state index in [4.69, 9.17) is 5.84 Å². The predicted octanol–water partition coefficient (Wildman–Crippen LogP) is 1.60. The predicted molar refractivity (Wildman–Crippen MR) is 58.0 cm³/mol. The van der Waals surface area contributed by atoms with Crippen LogP contribution in [-0.2, 0) is 0 Å². The van der Waals surface area contributed by atoms with E-state index in [1.54, 1.807) is 11.8 Å². The van der Waals surface area contributed by atoms with Crippen molar-refractivity contribution in [2.75, 3.05) is 17.4 Å². The Morgan fingerprint density at radius 2 is 2.31 bits per heavy atom. The molecule has 1 heterocycles. The zero-order valence-electron chi connectivity index (χ0n) is 7.57. The molecule has 0 aliphatic rings. The maximum atomic E-state index is 5.28. The van der Waals surface area contributed by atoms with Gasteiger partial charge >= 0.3 is 0 Å². The zero-order valence-corrected chi connectivity index (χ0v) is 9.21. The number of nitrogen functional groups attached to an aromatic ring is 1. The molecule has 0 aliphatic carbocycles. The van der Waals surface area contributed by atoms with E-state index >= 15 is 0 Å². The van der Waals surface area contributed by atoms with Gasteiger partial charge in [0, 0.05) is 6.07 Å². The average Bonchev–Trinajstić information content (AvgIpc) is 2.17. The first kappa shape index (κ1) is 10.6. The Hall–Kier alpha value is -0.460. The maximum Gasteiger partial charge on any atom is 0.190 e. The van der Waals surface area contributed by atoms with E-state index in [-0.39, 0.29) is 0 Å². The summed E-state index contributed by atoms with van der Waals surface area (Å²) in [6.45, 7) is 2.08. The molecular formula is C7H12N4S2. The summed E-state index contributed by atoms with van der Waals surface area (Å²) in [6, 6.07) is 1.84. The highest BCUT2D eigenvalue weighted by molar-refractivity contribution is 7.99. The van der Waals surface area contributed by atoms with Gasteiger partial charge in [-0.05, 0) is 12.0 Å². The van der Waals surface area contributed by atoms with Gasteiger partial charge in [-0.1, -0.05) is 18.7 Å². The minimum atomic E-state index is 0.662. The lowest BCUT2D eigenvalue weighted by Crippen LogP contribution is -2.09. The van der Waals surface area contributed by atoms with Gasteiger partial charge in [-0.25, -0.2) is 15.8 Å². The van der Waals surface area contributed by atoms with Gasteiger partial charge < -0.3 is 5.43 Å². The molecule has 0 fully saturated rings. The van der Waals surface area contributed by atoms with E-state index < -0.39 is 0 Å². The number of rotatable bonds is 4. The molecular weight excluding hydrogens is 204 g/mol. The van der Waals surface area contributed by atoms with Crippen molar-refractivity contribution < 1.29 is 0 Å². The van der Waals surface area contributed by atoms with Crippen LogP contribution in [-0.4, -0.2) is 22.0 Å². The van der Waals surface area contributed by atoms with E-state index in [0.29, 0.717) is 5.82 Å². The van der Waals surface area contributed by atoms with Crippen LogP contribution in [0, 0.1) is 0 Å². The van der Waals surface area contributed by atoms with Gasteiger partial charge in [-0.2, -0.15) is 0 Å². The average molecular weight is 216 g/mol. The van der Waals surface area contributed by atoms with Crippen LogP contribution in [0.15, 0.2) is 16.2 Å². The molecule has 1 aromatic heterocycles. The Morgan fingerprint density at radius 3 is 2.85 bits per heavy atom. The standard InChI is InChI=1S/C7H12N4S2/c1-3-13-6-4-5(11-8)9-7(10-6)12-2/h4H,3,8H2,1-2H3,(H,9,10,11). The number of hydrogen-bond donors (Lipinski definition) is 2. The molecule has 0 saturated heterocycles. The van der Waals surface area contributed by atoms with Crippen molar-refractivity contribution in [1.29, 1.82) is 0 Å². The van der Waals surface area contributed by atoms with Crippen LogP contribution in [0.2, 0.25) is 0 Å². The Kier molecular flexibility index (Phi) is 4.34. The summed E-state index contributed by atoms with van der Waals surface area (Å²) in [5.41, 5.74) is 2.52. The van der Waals surface area contributed by atoms with Crippen molar-refractivity contribution >= 4 is 29.3 Å². The van der Waals surface area contributed by atoms with Gasteiger partial charge in [0.15, 0.2) is 5.16 Å². The molecule has 1 aromatic rings. The lowest BCUT2D eigenvalue weighted by Gasteiger charge is -2.04. The molecule has 72 valence electrons. The van der Waals surface area contributed by atoms with Crippen LogP contribution in [0.1, 0.15) is 6.92 Å². The molecule has 0 bridgehead atoms. The highest BCUT2D eigenvalue weighted by atomic mass is 32.2. The largest absolute Gasteiger partial charge is 0.308 e. The molecule has 1 rings (SSSR count). The molecule has 0 radical (unpaired) electrons. The lowest BCUT2D eigenvalue weighted by atomic mass is 10.6. The molecule has 0 aromatic carbocycles. The number of nitrogens with two attached hydrogens (primary N) is 1. The van der Waals surface area contributed by atoms with Crippen molar-refractivity contribution in [3.05, 3.63) is 6.07 Å². The third-order valence-corrected chi connectivity index (χ3v) is 2.65. The number of thioether (sulfide) groups is 2. The minimum absolute atomic E-state index is 0.662. The third-order valence-electron chi connectivity index (χ3n) is 1.30. The molecule has 0 amide bonds. The van der Waals surface area contributed by atoms with Crippen molar-refractivity contribution in [2.45, 2.75) is 17.1 Å². The summed E-state index contributed by atoms with van der Waals surface area (Å²) in [7, 11) is 0. The number of hydrogen-bond acceptors (Lipinski definition) is 6. The second-order valence-corrected chi connectivity index (χ2v) is 4.21. The van der Waals surface area contributed by atoms with Crippen LogP contribution in [0.25, 0.3) is 0 Å². The Morgan fingerprint density at radius 1 is 1.54 bits per heavy atom. The molecule has 0 unspecified atom stereocenters. The Labute approximate surface area is 86.1 Å². The molecule has 0 spiro atoms. The fourth-order valence-corrected chi connectivity index (χ4v) is 1.87. The monoisotopic (exact) mass is 216 g/mol. The molecule has 13 heavy (non-hydrogen) atoms. The van der Waals surface area contributed by atoms with E-state index in [1.807, 2.05) is 12.3 Å². The third kappa shape index (κ3) is 3.06. The summed E-state index contributed by atoms with van der Waals surface area (Å²) in [4.78, 5) is 8.46. The quantitative estimate of drug-likeness (QED) is 0.262. The normalized spacial score (nSPS) is 10.1. The van der Waals surface area contributed by atoms with Gasteiger partial charge in [0.1, 0.15) is 10.8 Å².